The first-order valence-corrected chi connectivity index (χ1v) is 7.42. The number of ether oxygens (including phenoxy) is 2. The van der Waals surface area contributed by atoms with Crippen LogP contribution in [0.15, 0.2) is 0 Å². The molecule has 1 unspecified atom stereocenters. The summed E-state index contributed by atoms with van der Waals surface area (Å²) in [5.41, 5.74) is -0.973. The Morgan fingerprint density at radius 1 is 1.27 bits per heavy atom. The Bertz CT molecular complexity index is 491. The monoisotopic (exact) mass is 312 g/mol. The zero-order valence-electron chi connectivity index (χ0n) is 13.8. The normalized spacial score (nSPS) is 24.0. The third-order valence-electron chi connectivity index (χ3n) is 4.03. The summed E-state index contributed by atoms with van der Waals surface area (Å²) in [5.74, 6) is -0.839. The van der Waals surface area contributed by atoms with Gasteiger partial charge in [0.25, 0.3) is 0 Å². The first kappa shape index (κ1) is 16.6. The molecule has 0 aromatic heterocycles. The van der Waals surface area contributed by atoms with Gasteiger partial charge in [0.2, 0.25) is 5.91 Å². The van der Waals surface area contributed by atoms with E-state index < -0.39 is 17.1 Å². The second kappa shape index (κ2) is 5.44. The number of amides is 2. The molecule has 0 aromatic rings. The number of carbonyl (C=O) groups is 3. The lowest BCUT2D eigenvalue weighted by molar-refractivity contribution is -0.145. The van der Waals surface area contributed by atoms with Gasteiger partial charge >= 0.3 is 12.1 Å². The van der Waals surface area contributed by atoms with E-state index >= 15 is 0 Å². The van der Waals surface area contributed by atoms with Crippen LogP contribution in [-0.4, -0.2) is 65.7 Å². The van der Waals surface area contributed by atoms with Crippen LogP contribution in [0.2, 0.25) is 0 Å². The molecule has 1 atom stereocenters. The quantitative estimate of drug-likeness (QED) is 0.712. The number of esters is 1. The molecule has 2 fully saturated rings. The molecular formula is C15H24N2O5. The minimum atomic E-state index is -0.539. The maximum absolute atomic E-state index is 12.1. The van der Waals surface area contributed by atoms with Gasteiger partial charge in [0.05, 0.1) is 18.6 Å². The van der Waals surface area contributed by atoms with Crippen LogP contribution < -0.4 is 0 Å². The highest BCUT2D eigenvalue weighted by Crippen LogP contribution is 2.34. The zero-order chi connectivity index (χ0) is 16.7. The molecule has 2 saturated heterocycles. The lowest BCUT2D eigenvalue weighted by Gasteiger charge is -2.52. The van der Waals surface area contributed by atoms with Crippen LogP contribution in [0.5, 0.6) is 0 Å². The van der Waals surface area contributed by atoms with Crippen molar-refractivity contribution in [3.05, 3.63) is 0 Å². The van der Waals surface area contributed by atoms with E-state index in [9.17, 15) is 14.4 Å². The SMILES string of the molecule is COC(=O)C1CC(=O)N(C2(C)CN(C(=O)OC(C)(C)C)C2)C1. The first-order chi connectivity index (χ1) is 10.1. The van der Waals surface area contributed by atoms with E-state index in [1.54, 1.807) is 9.80 Å². The highest BCUT2D eigenvalue weighted by molar-refractivity contribution is 5.87. The number of hydrogen-bond acceptors (Lipinski definition) is 5. The molecule has 0 bridgehead atoms. The van der Waals surface area contributed by atoms with E-state index in [1.165, 1.54) is 7.11 Å². The Morgan fingerprint density at radius 2 is 1.86 bits per heavy atom. The third-order valence-corrected chi connectivity index (χ3v) is 4.03. The average Bonchev–Trinajstić information content (AvgIpc) is 2.74. The Morgan fingerprint density at radius 3 is 2.36 bits per heavy atom. The van der Waals surface area contributed by atoms with Gasteiger partial charge in [0, 0.05) is 26.1 Å². The van der Waals surface area contributed by atoms with Gasteiger partial charge in [-0.15, -0.1) is 0 Å². The van der Waals surface area contributed by atoms with Crippen LogP contribution in [-0.2, 0) is 19.1 Å². The fourth-order valence-electron chi connectivity index (χ4n) is 2.96. The molecule has 7 nitrogen and oxygen atoms in total. The van der Waals surface area contributed by atoms with Crippen molar-refractivity contribution in [1.29, 1.82) is 0 Å². The molecule has 2 aliphatic rings. The molecule has 2 heterocycles. The minimum absolute atomic E-state index is 0.0678. The highest BCUT2D eigenvalue weighted by Gasteiger charge is 2.52. The molecule has 124 valence electrons. The summed E-state index contributed by atoms with van der Waals surface area (Å²) in [7, 11) is 1.32. The molecule has 0 spiro atoms. The van der Waals surface area contributed by atoms with Gasteiger partial charge in [-0.3, -0.25) is 9.59 Å². The summed E-state index contributed by atoms with van der Waals surface area (Å²) in [4.78, 5) is 38.9. The largest absolute Gasteiger partial charge is 0.469 e. The number of carbonyl (C=O) groups excluding carboxylic acids is 3. The summed E-state index contributed by atoms with van der Waals surface area (Å²) in [5, 5.41) is 0. The Hall–Kier alpha value is -1.79. The molecule has 2 amide bonds. The Kier molecular flexibility index (Phi) is 4.10. The summed E-state index contributed by atoms with van der Waals surface area (Å²) in [6, 6.07) is 0. The summed E-state index contributed by atoms with van der Waals surface area (Å²) >= 11 is 0. The molecule has 7 heteroatoms. The van der Waals surface area contributed by atoms with E-state index in [-0.39, 0.29) is 24.4 Å². The van der Waals surface area contributed by atoms with Crippen molar-refractivity contribution in [2.75, 3.05) is 26.7 Å². The van der Waals surface area contributed by atoms with Crippen molar-refractivity contribution in [3.63, 3.8) is 0 Å². The molecule has 0 aromatic carbocycles. The number of rotatable bonds is 2. The predicted molar refractivity (Wildman–Crippen MR) is 78.0 cm³/mol. The molecule has 2 aliphatic heterocycles. The van der Waals surface area contributed by atoms with E-state index in [0.717, 1.165) is 0 Å². The summed E-state index contributed by atoms with van der Waals surface area (Å²) in [6.07, 6.45) is -0.199. The van der Waals surface area contributed by atoms with Gasteiger partial charge < -0.3 is 19.3 Å². The average molecular weight is 312 g/mol. The fraction of sp³-hybridized carbons (Fsp3) is 0.800. The molecular weight excluding hydrogens is 288 g/mol. The van der Waals surface area contributed by atoms with Crippen LogP contribution in [0.3, 0.4) is 0 Å². The van der Waals surface area contributed by atoms with Gasteiger partial charge in [-0.05, 0) is 27.7 Å². The van der Waals surface area contributed by atoms with E-state index in [4.69, 9.17) is 9.47 Å². The molecule has 0 radical (unpaired) electrons. The zero-order valence-corrected chi connectivity index (χ0v) is 13.8. The van der Waals surface area contributed by atoms with Crippen molar-refractivity contribution < 1.29 is 23.9 Å². The predicted octanol–water partition coefficient (Wildman–Crippen LogP) is 1.02. The molecule has 0 N–H and O–H groups in total. The van der Waals surface area contributed by atoms with Crippen LogP contribution in [0.25, 0.3) is 0 Å². The maximum atomic E-state index is 12.1. The smallest absolute Gasteiger partial charge is 0.410 e. The van der Waals surface area contributed by atoms with Gasteiger partial charge in [0.15, 0.2) is 0 Å². The van der Waals surface area contributed by atoms with E-state index in [1.807, 2.05) is 27.7 Å². The van der Waals surface area contributed by atoms with Crippen LogP contribution in [0, 0.1) is 5.92 Å². The summed E-state index contributed by atoms with van der Waals surface area (Å²) in [6.45, 7) is 8.55. The second-order valence-electron chi connectivity index (χ2n) is 7.26. The van der Waals surface area contributed by atoms with E-state index in [0.29, 0.717) is 19.6 Å². The Balaban J connectivity index is 1.94. The number of likely N-dealkylation sites (tertiary alicyclic amines) is 2. The third kappa shape index (κ3) is 3.18. The topological polar surface area (TPSA) is 76.2 Å². The standard InChI is InChI=1S/C15H24N2O5/c1-14(2,3)22-13(20)16-8-15(4,9-16)17-7-10(6-11(17)18)12(19)21-5/h10H,6-9H2,1-5H3. The van der Waals surface area contributed by atoms with Crippen molar-refractivity contribution in [3.8, 4) is 0 Å². The van der Waals surface area contributed by atoms with Gasteiger partial charge in [-0.2, -0.15) is 0 Å². The fourth-order valence-corrected chi connectivity index (χ4v) is 2.96. The maximum Gasteiger partial charge on any atom is 0.410 e. The molecule has 0 saturated carbocycles. The molecule has 0 aliphatic carbocycles. The Labute approximate surface area is 130 Å². The molecule has 22 heavy (non-hydrogen) atoms. The number of nitrogens with zero attached hydrogens (tertiary/aromatic N) is 2. The number of methoxy groups -OCH3 is 1. The van der Waals surface area contributed by atoms with Crippen LogP contribution in [0.4, 0.5) is 4.79 Å². The molecule has 2 rings (SSSR count). The van der Waals surface area contributed by atoms with Crippen LogP contribution in [0.1, 0.15) is 34.1 Å². The minimum Gasteiger partial charge on any atom is -0.469 e. The van der Waals surface area contributed by atoms with Gasteiger partial charge in [0.1, 0.15) is 5.60 Å². The lowest BCUT2D eigenvalue weighted by Crippen LogP contribution is -2.70. The second-order valence-corrected chi connectivity index (χ2v) is 7.26. The van der Waals surface area contributed by atoms with Gasteiger partial charge in [-0.25, -0.2) is 4.79 Å². The van der Waals surface area contributed by atoms with Crippen molar-refractivity contribution in [2.24, 2.45) is 5.92 Å². The van der Waals surface area contributed by atoms with E-state index in [2.05, 4.69) is 0 Å². The highest BCUT2D eigenvalue weighted by atomic mass is 16.6. The number of hydrogen-bond donors (Lipinski definition) is 0. The lowest BCUT2D eigenvalue weighted by atomic mass is 9.90. The summed E-state index contributed by atoms with van der Waals surface area (Å²) < 4.78 is 10.0. The van der Waals surface area contributed by atoms with Crippen molar-refractivity contribution in [2.45, 2.75) is 45.3 Å². The van der Waals surface area contributed by atoms with Crippen LogP contribution >= 0.6 is 0 Å². The first-order valence-electron chi connectivity index (χ1n) is 7.42. The van der Waals surface area contributed by atoms with Crippen molar-refractivity contribution in [1.82, 2.24) is 9.80 Å². The van der Waals surface area contributed by atoms with Gasteiger partial charge in [-0.1, -0.05) is 0 Å². The van der Waals surface area contributed by atoms with Crippen molar-refractivity contribution >= 4 is 18.0 Å².